The third-order valence-corrected chi connectivity index (χ3v) is 6.34. The molecule has 3 aromatic rings. The minimum absolute atomic E-state index is 0.332. The summed E-state index contributed by atoms with van der Waals surface area (Å²) in [5, 5.41) is 2.05. The summed E-state index contributed by atoms with van der Waals surface area (Å²) in [4.78, 5) is 24.2. The van der Waals surface area contributed by atoms with Gasteiger partial charge in [-0.25, -0.2) is 11.7 Å². The highest BCUT2D eigenvalue weighted by Gasteiger charge is 2.20. The van der Waals surface area contributed by atoms with Gasteiger partial charge in [-0.3, -0.25) is 20.4 Å². The van der Waals surface area contributed by atoms with Gasteiger partial charge in [-0.05, 0) is 12.1 Å². The van der Waals surface area contributed by atoms with Gasteiger partial charge in [-0.2, -0.15) is 0 Å². The highest BCUT2D eigenvalue weighted by Crippen LogP contribution is 2.46. The molecule has 22 heavy (non-hydrogen) atoms. The number of nitrogen functional groups attached to an aromatic ring is 2. The Labute approximate surface area is 141 Å². The number of nitrogens with one attached hydrogen (secondary N) is 2. The van der Waals surface area contributed by atoms with Crippen LogP contribution in [0.4, 0.5) is 0 Å². The molecule has 0 fully saturated rings. The lowest BCUT2D eigenvalue weighted by Gasteiger charge is -2.00. The van der Waals surface area contributed by atoms with Crippen LogP contribution in [0.5, 0.6) is 0 Å². The molecule has 0 aliphatic rings. The fraction of sp³-hybridized carbons (Fsp3) is 0. The molecule has 0 unspecified atom stereocenters. The SMILES string of the molecule is NNC(=O)c1cc2c(s1)c(Cl)c(Cl)c1cc(C(=O)NN)sc12. The van der Waals surface area contributed by atoms with Crippen LogP contribution in [0.2, 0.25) is 10.0 Å². The van der Waals surface area contributed by atoms with E-state index in [0.717, 1.165) is 10.1 Å². The number of fused-ring (bicyclic) bond motifs is 3. The Bertz CT molecular complexity index is 859. The molecule has 0 aliphatic heterocycles. The van der Waals surface area contributed by atoms with Gasteiger partial charge in [0.25, 0.3) is 11.8 Å². The average Bonchev–Trinajstić information content (AvgIpc) is 3.15. The van der Waals surface area contributed by atoms with Crippen LogP contribution in [-0.4, -0.2) is 11.8 Å². The van der Waals surface area contributed by atoms with Gasteiger partial charge in [0.15, 0.2) is 0 Å². The third kappa shape index (κ3) is 2.24. The van der Waals surface area contributed by atoms with Gasteiger partial charge in [0, 0.05) is 15.5 Å². The Morgan fingerprint density at radius 3 is 1.91 bits per heavy atom. The molecule has 0 radical (unpaired) electrons. The van der Waals surface area contributed by atoms with Gasteiger partial charge < -0.3 is 0 Å². The Kier molecular flexibility index (Phi) is 3.98. The van der Waals surface area contributed by atoms with Crippen LogP contribution in [-0.2, 0) is 0 Å². The highest BCUT2D eigenvalue weighted by molar-refractivity contribution is 7.25. The van der Waals surface area contributed by atoms with Gasteiger partial charge in [0.05, 0.1) is 24.5 Å². The van der Waals surface area contributed by atoms with Gasteiger partial charge in [0.1, 0.15) is 0 Å². The van der Waals surface area contributed by atoms with E-state index >= 15 is 0 Å². The summed E-state index contributed by atoms with van der Waals surface area (Å²) in [6.07, 6.45) is 0. The van der Waals surface area contributed by atoms with E-state index in [1.807, 2.05) is 0 Å². The fourth-order valence-corrected chi connectivity index (χ4v) is 4.90. The lowest BCUT2D eigenvalue weighted by Crippen LogP contribution is -2.29. The summed E-state index contributed by atoms with van der Waals surface area (Å²) < 4.78 is 1.43. The molecule has 0 spiro atoms. The molecule has 2 aromatic heterocycles. The van der Waals surface area contributed by atoms with Gasteiger partial charge in [-0.15, -0.1) is 22.7 Å². The van der Waals surface area contributed by atoms with Crippen molar-refractivity contribution >= 4 is 77.9 Å². The maximum absolute atomic E-state index is 11.7. The number of carbonyl (C=O) groups is 2. The van der Waals surface area contributed by atoms with Crippen molar-refractivity contribution in [3.63, 3.8) is 0 Å². The monoisotopic (exact) mass is 374 g/mol. The van der Waals surface area contributed by atoms with Crippen molar-refractivity contribution in [3.8, 4) is 0 Å². The zero-order valence-electron chi connectivity index (χ0n) is 10.7. The predicted molar refractivity (Wildman–Crippen MR) is 90.5 cm³/mol. The molecule has 0 bridgehead atoms. The second kappa shape index (κ2) is 5.65. The number of carbonyl (C=O) groups excluding carboxylic acids is 2. The van der Waals surface area contributed by atoms with Crippen LogP contribution >= 0.6 is 45.9 Å². The van der Waals surface area contributed by atoms with E-state index in [4.69, 9.17) is 34.9 Å². The van der Waals surface area contributed by atoms with Crippen LogP contribution in [0, 0.1) is 0 Å². The summed E-state index contributed by atoms with van der Waals surface area (Å²) in [6.45, 7) is 0. The Balaban J connectivity index is 2.38. The van der Waals surface area contributed by atoms with E-state index < -0.39 is 11.8 Å². The standard InChI is InChI=1S/C12H8Cl2N4O2S2/c13-7-3-1-5(11(19)17-15)21-9(3)4-2-6(12(20)18-16)22-10(4)8(7)14/h1-2H,15-16H2,(H,17,19)(H,18,20). The molecule has 114 valence electrons. The zero-order chi connectivity index (χ0) is 16.0. The Morgan fingerprint density at radius 1 is 0.864 bits per heavy atom. The lowest BCUT2D eigenvalue weighted by atomic mass is 10.2. The van der Waals surface area contributed by atoms with Crippen molar-refractivity contribution in [2.75, 3.05) is 0 Å². The maximum atomic E-state index is 11.7. The van der Waals surface area contributed by atoms with Crippen LogP contribution in [0.25, 0.3) is 20.2 Å². The van der Waals surface area contributed by atoms with Crippen molar-refractivity contribution < 1.29 is 9.59 Å². The molecule has 0 atom stereocenters. The molecule has 2 heterocycles. The molecule has 6 nitrogen and oxygen atoms in total. The van der Waals surface area contributed by atoms with E-state index in [9.17, 15) is 9.59 Å². The second-order valence-corrected chi connectivity index (χ2v) is 7.14. The number of hydrogen-bond acceptors (Lipinski definition) is 6. The summed E-state index contributed by atoms with van der Waals surface area (Å²) in [5.74, 6) is 9.47. The van der Waals surface area contributed by atoms with Crippen molar-refractivity contribution in [1.29, 1.82) is 0 Å². The van der Waals surface area contributed by atoms with Crippen molar-refractivity contribution in [1.82, 2.24) is 10.9 Å². The van der Waals surface area contributed by atoms with Gasteiger partial charge in [-0.1, -0.05) is 23.2 Å². The Morgan fingerprint density at radius 2 is 1.36 bits per heavy atom. The molecule has 0 saturated carbocycles. The van der Waals surface area contributed by atoms with E-state index in [1.165, 1.54) is 22.7 Å². The van der Waals surface area contributed by atoms with Crippen LogP contribution < -0.4 is 22.5 Å². The fourth-order valence-electron chi connectivity index (χ4n) is 2.06. The molecule has 0 saturated heterocycles. The molecule has 10 heteroatoms. The van der Waals surface area contributed by atoms with Crippen LogP contribution in [0.15, 0.2) is 12.1 Å². The number of rotatable bonds is 2. The number of thiophene rings is 2. The highest BCUT2D eigenvalue weighted by atomic mass is 35.5. The third-order valence-electron chi connectivity index (χ3n) is 3.05. The first kappa shape index (κ1) is 15.5. The van der Waals surface area contributed by atoms with Gasteiger partial charge >= 0.3 is 0 Å². The van der Waals surface area contributed by atoms with Crippen molar-refractivity contribution in [2.45, 2.75) is 0 Å². The molecule has 0 aliphatic carbocycles. The van der Waals surface area contributed by atoms with E-state index in [-0.39, 0.29) is 0 Å². The summed E-state index contributed by atoms with van der Waals surface area (Å²) in [5.41, 5.74) is 4.15. The van der Waals surface area contributed by atoms with Crippen molar-refractivity contribution in [3.05, 3.63) is 31.9 Å². The molecular formula is C12H8Cl2N4O2S2. The number of halogens is 2. The molecule has 1 aromatic carbocycles. The van der Waals surface area contributed by atoms with E-state index in [2.05, 4.69) is 10.9 Å². The second-order valence-electron chi connectivity index (χ2n) is 4.28. The first-order valence-corrected chi connectivity index (χ1v) is 8.22. The molecule has 2 amide bonds. The average molecular weight is 375 g/mol. The molecule has 3 rings (SSSR count). The predicted octanol–water partition coefficient (Wildman–Crippen LogP) is 2.63. The number of nitrogens with two attached hydrogens (primary N) is 2. The minimum atomic E-state index is -0.420. The number of benzene rings is 1. The topological polar surface area (TPSA) is 110 Å². The lowest BCUT2D eigenvalue weighted by molar-refractivity contribution is 0.0949. The van der Waals surface area contributed by atoms with E-state index in [1.54, 1.807) is 12.1 Å². The Hall–Kier alpha value is -1.42. The van der Waals surface area contributed by atoms with Crippen molar-refractivity contribution in [2.24, 2.45) is 11.7 Å². The normalized spacial score (nSPS) is 11.1. The zero-order valence-corrected chi connectivity index (χ0v) is 13.8. The quantitative estimate of drug-likeness (QED) is 0.314. The number of amides is 2. The van der Waals surface area contributed by atoms with E-state index in [0.29, 0.717) is 29.9 Å². The summed E-state index contributed by atoms with van der Waals surface area (Å²) >= 11 is 15.0. The van der Waals surface area contributed by atoms with Crippen LogP contribution in [0.1, 0.15) is 19.3 Å². The smallest absolute Gasteiger partial charge is 0.275 e. The first-order chi connectivity index (χ1) is 10.5. The van der Waals surface area contributed by atoms with Gasteiger partial charge in [0.2, 0.25) is 0 Å². The largest absolute Gasteiger partial charge is 0.289 e. The minimum Gasteiger partial charge on any atom is -0.289 e. The van der Waals surface area contributed by atoms with Crippen LogP contribution in [0.3, 0.4) is 0 Å². The molecular weight excluding hydrogens is 367 g/mol. The number of hydrazine groups is 2. The maximum Gasteiger partial charge on any atom is 0.275 e. The molecule has 6 N–H and O–H groups in total. The number of hydrogen-bond donors (Lipinski definition) is 4. The summed E-state index contributed by atoms with van der Waals surface area (Å²) in [7, 11) is 0. The first-order valence-electron chi connectivity index (χ1n) is 5.83. The summed E-state index contributed by atoms with van der Waals surface area (Å²) in [6, 6.07) is 3.30.